The molecule has 2 aromatic rings. The highest BCUT2D eigenvalue weighted by Gasteiger charge is 2.74. The topological polar surface area (TPSA) is 141 Å². The summed E-state index contributed by atoms with van der Waals surface area (Å²) in [5, 5.41) is 26.6. The van der Waals surface area contributed by atoms with Gasteiger partial charge in [-0.1, -0.05) is 40.2 Å². The van der Waals surface area contributed by atoms with Gasteiger partial charge in [-0.25, -0.2) is 4.68 Å². The predicted octanol–water partition coefficient (Wildman–Crippen LogP) is 4.80. The van der Waals surface area contributed by atoms with E-state index in [2.05, 4.69) is 18.0 Å². The normalized spacial score (nSPS) is 36.6. The lowest BCUT2D eigenvalue weighted by molar-refractivity contribution is -0.207. The molecule has 9 atom stereocenters. The van der Waals surface area contributed by atoms with Crippen molar-refractivity contribution in [1.82, 2.24) is 14.8 Å². The van der Waals surface area contributed by atoms with E-state index >= 15 is 0 Å². The molecule has 6 rings (SSSR count). The largest absolute Gasteiger partial charge is 0.506 e. The average molecular weight is 640 g/mol. The van der Waals surface area contributed by atoms with E-state index in [9.17, 15) is 24.6 Å². The van der Waals surface area contributed by atoms with Gasteiger partial charge >= 0.3 is 11.9 Å². The molecule has 3 fully saturated rings. The molecule has 11 heteroatoms. The van der Waals surface area contributed by atoms with Gasteiger partial charge in [-0.15, -0.1) is 11.6 Å². The first kappa shape index (κ1) is 31.7. The maximum Gasteiger partial charge on any atom is 0.306 e. The van der Waals surface area contributed by atoms with E-state index in [1.165, 1.54) is 6.20 Å². The first-order valence-electron chi connectivity index (χ1n) is 16.0. The zero-order valence-corrected chi connectivity index (χ0v) is 27.2. The van der Waals surface area contributed by atoms with E-state index in [1.807, 2.05) is 20.0 Å². The molecule has 0 bridgehead atoms. The molecule has 10 nitrogen and oxygen atoms in total. The Morgan fingerprint density at radius 3 is 2.58 bits per heavy atom. The molecule has 2 aromatic heterocycles. The van der Waals surface area contributed by atoms with Crippen LogP contribution in [0.15, 0.2) is 30.2 Å². The Hall–Kier alpha value is -3.24. The number of carbonyl (C=O) groups excluding carboxylic acids is 3. The Morgan fingerprint density at radius 2 is 1.89 bits per heavy atom. The number of Topliss-reactive ketones (excluding diaryl/α,β-unsaturated/α-hetero) is 1. The number of aliphatic hydroxyl groups is 1. The molecule has 242 valence electrons. The fraction of sp³-hybridized carbons (Fsp3) is 0.618. The molecule has 4 aliphatic rings. The number of aromatic hydroxyl groups is 1. The number of esters is 2. The summed E-state index contributed by atoms with van der Waals surface area (Å²) in [6.07, 6.45) is 8.49. The van der Waals surface area contributed by atoms with Crippen molar-refractivity contribution in [3.8, 4) is 11.4 Å². The summed E-state index contributed by atoms with van der Waals surface area (Å²) >= 11 is 7.31. The van der Waals surface area contributed by atoms with Gasteiger partial charge in [0.25, 0.3) is 0 Å². The number of alkyl halides is 1. The molecule has 2 heterocycles. The first-order chi connectivity index (χ1) is 21.3. The number of aromatic nitrogens is 3. The molecule has 2 N–H and O–H groups in total. The van der Waals surface area contributed by atoms with Gasteiger partial charge in [0.2, 0.25) is 5.78 Å². The third-order valence-corrected chi connectivity index (χ3v) is 11.9. The average Bonchev–Trinajstić information content (AvgIpc) is 3.49. The number of aliphatic hydroxyl groups excluding tert-OH is 1. The van der Waals surface area contributed by atoms with Crippen molar-refractivity contribution in [2.24, 2.45) is 34.5 Å². The first-order valence-corrected chi connectivity index (χ1v) is 16.4. The van der Waals surface area contributed by atoms with Crippen LogP contribution in [0.1, 0.15) is 78.0 Å². The number of fused-ring (bicyclic) bond motifs is 6. The van der Waals surface area contributed by atoms with E-state index in [1.54, 1.807) is 30.8 Å². The predicted molar refractivity (Wildman–Crippen MR) is 165 cm³/mol. The number of hydrogen-bond acceptors (Lipinski definition) is 9. The molecule has 4 aliphatic carbocycles. The van der Waals surface area contributed by atoms with E-state index in [-0.39, 0.29) is 54.1 Å². The van der Waals surface area contributed by atoms with Crippen LogP contribution in [0, 0.1) is 34.5 Å². The standard InChI is InChI=1S/C34H42ClN3O7/c1-6-28(42)44-17-27(41)34(45-29(43)7-2)18(3)8-23-30-24(35)9-20-10-25-19(16-38(37-25)21-11-22(39)15-36-14-21)12-32(20,4)31(30)26(40)13-33(23,34)5/h10-11,14-16,18,23-24,26,30-31,39-40H,6-9,12-13,17H2,1-5H3/t18-,23+,24-,26+,30-,31+,32+,33+,34-/m1/s1. The number of ketones is 1. The Labute approximate surface area is 268 Å². The minimum atomic E-state index is -1.56. The number of nitrogens with zero attached hydrogens (tertiary/aromatic N) is 3. The van der Waals surface area contributed by atoms with E-state index < -0.39 is 46.9 Å². The molecule has 0 unspecified atom stereocenters. The zero-order valence-electron chi connectivity index (χ0n) is 26.5. The molecule has 0 saturated heterocycles. The fourth-order valence-corrected chi connectivity index (χ4v) is 10.1. The third-order valence-electron chi connectivity index (χ3n) is 11.5. The third kappa shape index (κ3) is 4.73. The van der Waals surface area contributed by atoms with Gasteiger partial charge in [0, 0.05) is 41.8 Å². The van der Waals surface area contributed by atoms with Crippen molar-refractivity contribution in [2.75, 3.05) is 6.61 Å². The van der Waals surface area contributed by atoms with E-state index in [0.29, 0.717) is 24.9 Å². The van der Waals surface area contributed by atoms with Crippen molar-refractivity contribution >= 4 is 35.4 Å². The van der Waals surface area contributed by atoms with E-state index in [0.717, 1.165) is 16.8 Å². The van der Waals surface area contributed by atoms with Gasteiger partial charge < -0.3 is 19.7 Å². The SMILES string of the molecule is CCC(=O)OCC(=O)[C@]1(OC(=O)CC)[C@H](C)C[C@H]2[C@H]3[C@H]([C@@H](O)C[C@@]21C)[C@@]1(C)Cc2cn(-c4cncc(O)c4)nc2C=C1C[C@H]3Cl. The number of carbonyl (C=O) groups is 3. The molecule has 0 aliphatic heterocycles. The van der Waals surface area contributed by atoms with Gasteiger partial charge in [0.15, 0.2) is 12.2 Å². The van der Waals surface area contributed by atoms with Gasteiger partial charge in [-0.3, -0.25) is 19.4 Å². The highest BCUT2D eigenvalue weighted by molar-refractivity contribution is 6.21. The summed E-state index contributed by atoms with van der Waals surface area (Å²) in [5.41, 5.74) is 0.718. The van der Waals surface area contributed by atoms with Crippen LogP contribution in [-0.4, -0.2) is 66.4 Å². The maximum absolute atomic E-state index is 14.1. The molecule has 0 radical (unpaired) electrons. The summed E-state index contributed by atoms with van der Waals surface area (Å²) in [6.45, 7) is 8.92. The molecular weight excluding hydrogens is 598 g/mol. The number of rotatable bonds is 7. The monoisotopic (exact) mass is 639 g/mol. The molecule has 3 saturated carbocycles. The highest BCUT2D eigenvalue weighted by atomic mass is 35.5. The van der Waals surface area contributed by atoms with Gasteiger partial charge in [-0.2, -0.15) is 5.10 Å². The Kier molecular flexibility index (Phi) is 7.92. The quantitative estimate of drug-likeness (QED) is 0.323. The van der Waals surface area contributed by atoms with Crippen molar-refractivity contribution in [3.63, 3.8) is 0 Å². The Morgan fingerprint density at radius 1 is 1.16 bits per heavy atom. The van der Waals surface area contributed by atoms with Gasteiger partial charge in [0.05, 0.1) is 29.9 Å². The van der Waals surface area contributed by atoms with Gasteiger partial charge in [-0.05, 0) is 60.5 Å². The Balaban J connectivity index is 1.38. The number of ether oxygens (including phenoxy) is 2. The molecular formula is C34H42ClN3O7. The minimum absolute atomic E-state index is 0.0506. The van der Waals surface area contributed by atoms with Crippen molar-refractivity contribution in [3.05, 3.63) is 41.5 Å². The van der Waals surface area contributed by atoms with Crippen LogP contribution in [0.25, 0.3) is 11.8 Å². The van der Waals surface area contributed by atoms with Crippen LogP contribution >= 0.6 is 11.6 Å². The smallest absolute Gasteiger partial charge is 0.306 e. The van der Waals surface area contributed by atoms with Crippen LogP contribution in [0.4, 0.5) is 0 Å². The lowest BCUT2D eigenvalue weighted by Gasteiger charge is -2.61. The second-order valence-corrected chi connectivity index (χ2v) is 14.5. The number of pyridine rings is 1. The zero-order chi connectivity index (χ0) is 32.5. The van der Waals surface area contributed by atoms with Crippen molar-refractivity contribution < 1.29 is 34.1 Å². The number of hydrogen-bond donors (Lipinski definition) is 2. The second-order valence-electron chi connectivity index (χ2n) is 13.9. The lowest BCUT2D eigenvalue weighted by Crippen LogP contribution is -2.66. The van der Waals surface area contributed by atoms with Crippen molar-refractivity contribution in [2.45, 2.75) is 90.2 Å². The highest BCUT2D eigenvalue weighted by Crippen LogP contribution is 2.70. The minimum Gasteiger partial charge on any atom is -0.506 e. The van der Waals surface area contributed by atoms with E-state index in [4.69, 9.17) is 26.2 Å². The molecule has 0 spiro atoms. The molecule has 0 amide bonds. The summed E-state index contributed by atoms with van der Waals surface area (Å²) in [4.78, 5) is 43.2. The lowest BCUT2D eigenvalue weighted by atomic mass is 9.45. The number of allylic oxidation sites excluding steroid dienone is 1. The van der Waals surface area contributed by atoms with Crippen LogP contribution in [-0.2, 0) is 30.3 Å². The molecule has 0 aromatic carbocycles. The van der Waals surface area contributed by atoms with Gasteiger partial charge in [0.1, 0.15) is 5.75 Å². The van der Waals surface area contributed by atoms with Crippen LogP contribution in [0.5, 0.6) is 5.75 Å². The fourth-order valence-electron chi connectivity index (χ4n) is 9.56. The summed E-state index contributed by atoms with van der Waals surface area (Å²) in [6, 6.07) is 1.60. The molecule has 45 heavy (non-hydrogen) atoms. The maximum atomic E-state index is 14.1. The van der Waals surface area contributed by atoms with Crippen molar-refractivity contribution in [1.29, 1.82) is 0 Å². The number of halogens is 1. The van der Waals surface area contributed by atoms with Crippen LogP contribution in [0.3, 0.4) is 0 Å². The summed E-state index contributed by atoms with van der Waals surface area (Å²) in [5.74, 6) is -2.27. The summed E-state index contributed by atoms with van der Waals surface area (Å²) in [7, 11) is 0. The Bertz CT molecular complexity index is 1570. The second kappa shape index (κ2) is 11.2. The van der Waals surface area contributed by atoms with Crippen LogP contribution in [0.2, 0.25) is 0 Å². The van der Waals surface area contributed by atoms with Crippen LogP contribution < -0.4 is 0 Å². The summed E-state index contributed by atoms with van der Waals surface area (Å²) < 4.78 is 13.2.